The Hall–Kier alpha value is -2.12. The molecule has 1 N–H and O–H groups in total. The first-order valence-corrected chi connectivity index (χ1v) is 6.29. The second-order valence-electron chi connectivity index (χ2n) is 4.22. The number of carbonyl (C=O) groups excluding carboxylic acids is 1. The molecule has 0 atom stereocenters. The number of rotatable bonds is 6. The minimum absolute atomic E-state index is 0.125. The summed E-state index contributed by atoms with van der Waals surface area (Å²) < 4.78 is 68.6. The fourth-order valence-corrected chi connectivity index (χ4v) is 1.50. The second-order valence-corrected chi connectivity index (χ2v) is 4.22. The van der Waals surface area contributed by atoms with Gasteiger partial charge in [0.25, 0.3) is 0 Å². The molecule has 0 amide bonds. The monoisotopic (exact) mass is 323 g/mol. The average Bonchev–Trinajstić information content (AvgIpc) is 2.43. The molecule has 22 heavy (non-hydrogen) atoms. The number of ether oxygens (including phenoxy) is 1. The average molecular weight is 323 g/mol. The molecule has 0 radical (unpaired) electrons. The molecular weight excluding hydrogens is 309 g/mol. The van der Waals surface area contributed by atoms with Crippen LogP contribution >= 0.6 is 0 Å². The van der Waals surface area contributed by atoms with Crippen molar-refractivity contribution in [1.29, 1.82) is 0 Å². The maximum atomic E-state index is 13.4. The molecule has 0 spiro atoms. The van der Waals surface area contributed by atoms with Gasteiger partial charge in [0, 0.05) is 12.6 Å². The van der Waals surface area contributed by atoms with Crippen molar-refractivity contribution in [2.24, 2.45) is 0 Å². The summed E-state index contributed by atoms with van der Waals surface area (Å²) in [5, 5.41) is 1.96. The fraction of sp³-hybridized carbons (Fsp3) is 0.357. The van der Waals surface area contributed by atoms with Crippen LogP contribution in [0.2, 0.25) is 0 Å². The van der Waals surface area contributed by atoms with E-state index in [1.54, 1.807) is 30.3 Å². The predicted molar refractivity (Wildman–Crippen MR) is 69.0 cm³/mol. The first-order chi connectivity index (χ1) is 10.2. The van der Waals surface area contributed by atoms with Gasteiger partial charge in [-0.3, -0.25) is 0 Å². The van der Waals surface area contributed by atoms with Crippen LogP contribution in [0, 0.1) is 0 Å². The lowest BCUT2D eigenvalue weighted by atomic mass is 10.2. The Labute approximate surface area is 123 Å². The van der Waals surface area contributed by atoms with Crippen LogP contribution in [0.25, 0.3) is 0 Å². The van der Waals surface area contributed by atoms with Crippen molar-refractivity contribution in [2.75, 3.05) is 6.61 Å². The third-order valence-electron chi connectivity index (χ3n) is 2.57. The van der Waals surface area contributed by atoms with Crippen LogP contribution in [0.5, 0.6) is 0 Å². The highest BCUT2D eigenvalue weighted by molar-refractivity contribution is 5.83. The van der Waals surface area contributed by atoms with Gasteiger partial charge in [-0.05, 0) is 12.5 Å². The molecule has 1 rings (SSSR count). The number of nitrogens with one attached hydrogen (secondary N) is 1. The van der Waals surface area contributed by atoms with Gasteiger partial charge in [0.15, 0.2) is 0 Å². The summed E-state index contributed by atoms with van der Waals surface area (Å²) in [6, 6.07) is 7.96. The van der Waals surface area contributed by atoms with Crippen molar-refractivity contribution >= 4 is 5.97 Å². The molecule has 122 valence electrons. The summed E-state index contributed by atoms with van der Waals surface area (Å²) in [7, 11) is 0. The lowest BCUT2D eigenvalue weighted by Gasteiger charge is -2.23. The Morgan fingerprint density at radius 1 is 1.18 bits per heavy atom. The lowest BCUT2D eigenvalue weighted by Crippen LogP contribution is -2.43. The minimum atomic E-state index is -5.82. The number of hydrogen-bond acceptors (Lipinski definition) is 3. The van der Waals surface area contributed by atoms with Gasteiger partial charge >= 0.3 is 18.1 Å². The van der Waals surface area contributed by atoms with E-state index in [9.17, 15) is 26.7 Å². The van der Waals surface area contributed by atoms with Gasteiger partial charge < -0.3 is 10.1 Å². The number of alkyl halides is 5. The highest BCUT2D eigenvalue weighted by Gasteiger charge is 2.60. The number of allylic oxidation sites excluding steroid dienone is 1. The molecule has 0 aliphatic rings. The fourth-order valence-electron chi connectivity index (χ4n) is 1.50. The summed E-state index contributed by atoms with van der Waals surface area (Å²) in [6.07, 6.45) is -5.70. The van der Waals surface area contributed by atoms with E-state index in [1.165, 1.54) is 6.92 Å². The van der Waals surface area contributed by atoms with Crippen molar-refractivity contribution in [3.05, 3.63) is 47.7 Å². The zero-order valence-electron chi connectivity index (χ0n) is 11.6. The van der Waals surface area contributed by atoms with Crippen LogP contribution in [0.4, 0.5) is 22.0 Å². The van der Waals surface area contributed by atoms with Crippen molar-refractivity contribution in [2.45, 2.75) is 25.6 Å². The summed E-state index contributed by atoms with van der Waals surface area (Å²) in [6.45, 7) is 0.974. The van der Waals surface area contributed by atoms with Crippen LogP contribution < -0.4 is 5.32 Å². The normalized spacial score (nSPS) is 12.9. The van der Waals surface area contributed by atoms with Gasteiger partial charge in [-0.2, -0.15) is 22.0 Å². The first-order valence-electron chi connectivity index (χ1n) is 6.29. The molecule has 0 fully saturated rings. The van der Waals surface area contributed by atoms with Gasteiger partial charge in [0.2, 0.25) is 0 Å². The highest BCUT2D eigenvalue weighted by Crippen LogP contribution is 2.40. The smallest absolute Gasteiger partial charge is 0.459 e. The quantitative estimate of drug-likeness (QED) is 0.495. The van der Waals surface area contributed by atoms with E-state index in [1.807, 2.05) is 5.32 Å². The summed E-state index contributed by atoms with van der Waals surface area (Å²) >= 11 is 0. The summed E-state index contributed by atoms with van der Waals surface area (Å²) in [4.78, 5) is 11.2. The number of esters is 1. The van der Waals surface area contributed by atoms with Crippen LogP contribution in [0.1, 0.15) is 12.5 Å². The number of halogens is 5. The Bertz CT molecular complexity index is 526. The van der Waals surface area contributed by atoms with Crippen LogP contribution in [0.15, 0.2) is 42.1 Å². The zero-order valence-corrected chi connectivity index (χ0v) is 11.6. The van der Waals surface area contributed by atoms with Crippen molar-refractivity contribution < 1.29 is 31.5 Å². The van der Waals surface area contributed by atoms with E-state index in [0.29, 0.717) is 5.56 Å². The van der Waals surface area contributed by atoms with Crippen molar-refractivity contribution in [1.82, 2.24) is 5.32 Å². The first kappa shape index (κ1) is 17.9. The Balaban J connectivity index is 2.99. The lowest BCUT2D eigenvalue weighted by molar-refractivity contribution is -0.266. The maximum absolute atomic E-state index is 13.4. The van der Waals surface area contributed by atoms with Crippen LogP contribution in [-0.4, -0.2) is 24.7 Å². The number of hydrogen-bond donors (Lipinski definition) is 1. The molecule has 0 saturated carbocycles. The molecule has 0 saturated heterocycles. The SMILES string of the molecule is CCOC(=O)/C=C(/NCc1ccccc1)C(F)(F)C(F)(F)F. The number of carbonyl (C=O) groups is 1. The molecule has 0 bridgehead atoms. The molecule has 0 heterocycles. The van der Waals surface area contributed by atoms with Gasteiger partial charge in [-0.15, -0.1) is 0 Å². The minimum Gasteiger partial charge on any atom is -0.463 e. The molecule has 0 aliphatic heterocycles. The van der Waals surface area contributed by atoms with Crippen molar-refractivity contribution in [3.8, 4) is 0 Å². The Morgan fingerprint density at radius 2 is 1.77 bits per heavy atom. The number of benzene rings is 1. The van der Waals surface area contributed by atoms with E-state index in [4.69, 9.17) is 0 Å². The van der Waals surface area contributed by atoms with Gasteiger partial charge in [0.05, 0.1) is 12.3 Å². The largest absolute Gasteiger partial charge is 0.463 e. The molecule has 1 aromatic rings. The predicted octanol–water partition coefficient (Wildman–Crippen LogP) is 3.42. The third kappa shape index (κ3) is 4.71. The third-order valence-corrected chi connectivity index (χ3v) is 2.57. The molecule has 0 aliphatic carbocycles. The Morgan fingerprint density at radius 3 is 2.27 bits per heavy atom. The van der Waals surface area contributed by atoms with Crippen LogP contribution in [0.3, 0.4) is 0 Å². The molecule has 3 nitrogen and oxygen atoms in total. The molecule has 0 aromatic heterocycles. The van der Waals surface area contributed by atoms with Crippen LogP contribution in [-0.2, 0) is 16.1 Å². The Kier molecular flexibility index (Phi) is 5.90. The van der Waals surface area contributed by atoms with E-state index >= 15 is 0 Å². The van der Waals surface area contributed by atoms with E-state index < -0.39 is 23.8 Å². The second kappa shape index (κ2) is 7.24. The summed E-state index contributed by atoms with van der Waals surface area (Å²) in [5.41, 5.74) is -1.07. The molecule has 1 aromatic carbocycles. The van der Waals surface area contributed by atoms with E-state index in [-0.39, 0.29) is 19.2 Å². The molecule has 8 heteroatoms. The van der Waals surface area contributed by atoms with Gasteiger partial charge in [-0.25, -0.2) is 4.79 Å². The van der Waals surface area contributed by atoms with Crippen molar-refractivity contribution in [3.63, 3.8) is 0 Å². The van der Waals surface area contributed by atoms with E-state index in [2.05, 4.69) is 4.74 Å². The highest BCUT2D eigenvalue weighted by atomic mass is 19.4. The summed E-state index contributed by atoms with van der Waals surface area (Å²) in [5.74, 6) is -6.46. The van der Waals surface area contributed by atoms with E-state index in [0.717, 1.165) is 0 Å². The topological polar surface area (TPSA) is 38.3 Å². The zero-order chi connectivity index (χ0) is 16.8. The van der Waals surface area contributed by atoms with Gasteiger partial charge in [-0.1, -0.05) is 30.3 Å². The molecular formula is C14H14F5NO2. The molecule has 0 unspecified atom stereocenters. The maximum Gasteiger partial charge on any atom is 0.459 e. The van der Waals surface area contributed by atoms with Gasteiger partial charge in [0.1, 0.15) is 0 Å². The standard InChI is InChI=1S/C14H14F5NO2/c1-2-22-12(21)8-11(13(15,16)14(17,18)19)20-9-10-6-4-3-5-7-10/h3-8,20H,2,9H2,1H3/b11-8+.